The van der Waals surface area contributed by atoms with E-state index in [0.717, 1.165) is 11.1 Å². The van der Waals surface area contributed by atoms with Crippen LogP contribution in [-0.4, -0.2) is 31.1 Å². The van der Waals surface area contributed by atoms with E-state index >= 15 is 0 Å². The maximum absolute atomic E-state index is 13.2. The number of benzene rings is 2. The lowest BCUT2D eigenvalue weighted by atomic mass is 10.1. The molecule has 0 unspecified atom stereocenters. The van der Waals surface area contributed by atoms with Gasteiger partial charge in [-0.3, -0.25) is 14.4 Å². The second kappa shape index (κ2) is 8.27. The van der Waals surface area contributed by atoms with Gasteiger partial charge in [0.15, 0.2) is 12.4 Å². The number of nitrogens with one attached hydrogen (secondary N) is 1. The van der Waals surface area contributed by atoms with Crippen LogP contribution in [0, 0.1) is 20.8 Å². The van der Waals surface area contributed by atoms with Crippen LogP contribution < -0.4 is 14.4 Å². The molecule has 2 heterocycles. The Labute approximate surface area is 186 Å². The largest absolute Gasteiger partial charge is 0.482 e. The van der Waals surface area contributed by atoms with E-state index in [1.807, 2.05) is 26.8 Å². The second-order valence-corrected chi connectivity index (χ2v) is 9.32. The number of aryl methyl sites for hydroxylation is 3. The molecule has 1 aliphatic rings. The SMILES string of the molecule is CCc1nc(CN2C(=O)COc3cc(S(=O)(=O)Nc4cccc(C)c4C)c(C)cc32)no1. The molecule has 32 heavy (non-hydrogen) atoms. The van der Waals surface area contributed by atoms with E-state index < -0.39 is 10.0 Å². The van der Waals surface area contributed by atoms with Crippen molar-refractivity contribution >= 4 is 27.3 Å². The molecule has 0 aliphatic carbocycles. The van der Waals surface area contributed by atoms with Gasteiger partial charge in [0.25, 0.3) is 15.9 Å². The first-order chi connectivity index (χ1) is 15.2. The van der Waals surface area contributed by atoms with Crippen molar-refractivity contribution in [2.45, 2.75) is 45.6 Å². The molecule has 0 saturated heterocycles. The molecule has 0 fully saturated rings. The molecule has 10 heteroatoms. The van der Waals surface area contributed by atoms with Crippen LogP contribution in [-0.2, 0) is 27.8 Å². The standard InChI is InChI=1S/C22H24N4O5S/c1-5-21-23-20(24-31-21)11-26-17-9-14(3)19(10-18(17)30-12-22(26)27)32(28,29)25-16-8-6-7-13(2)15(16)4/h6-10,25H,5,11-12H2,1-4H3. The van der Waals surface area contributed by atoms with Gasteiger partial charge < -0.3 is 9.26 Å². The fourth-order valence-electron chi connectivity index (χ4n) is 3.50. The summed E-state index contributed by atoms with van der Waals surface area (Å²) in [7, 11) is -3.88. The average molecular weight is 457 g/mol. The number of ether oxygens (including phenoxy) is 1. The van der Waals surface area contributed by atoms with Crippen molar-refractivity contribution in [3.63, 3.8) is 0 Å². The van der Waals surface area contributed by atoms with Crippen LogP contribution in [0.5, 0.6) is 5.75 Å². The first kappa shape index (κ1) is 21.8. The molecule has 168 valence electrons. The molecule has 0 radical (unpaired) electrons. The predicted octanol–water partition coefficient (Wildman–Crippen LogP) is 3.28. The average Bonchev–Trinajstić information content (AvgIpc) is 3.21. The smallest absolute Gasteiger partial charge is 0.265 e. The van der Waals surface area contributed by atoms with Crippen LogP contribution in [0.2, 0.25) is 0 Å². The number of carbonyl (C=O) groups is 1. The van der Waals surface area contributed by atoms with E-state index in [1.54, 1.807) is 25.1 Å². The number of aromatic nitrogens is 2. The van der Waals surface area contributed by atoms with Crippen molar-refractivity contribution in [1.82, 2.24) is 10.1 Å². The van der Waals surface area contributed by atoms with Crippen molar-refractivity contribution in [2.24, 2.45) is 0 Å². The molecule has 1 N–H and O–H groups in total. The van der Waals surface area contributed by atoms with Gasteiger partial charge in [-0.15, -0.1) is 0 Å². The fourth-order valence-corrected chi connectivity index (χ4v) is 4.86. The fraction of sp³-hybridized carbons (Fsp3) is 0.318. The summed E-state index contributed by atoms with van der Waals surface area (Å²) in [6.45, 7) is 7.25. The molecule has 3 aromatic rings. The molecule has 4 rings (SSSR count). The van der Waals surface area contributed by atoms with Crippen LogP contribution >= 0.6 is 0 Å². The predicted molar refractivity (Wildman–Crippen MR) is 118 cm³/mol. The number of anilines is 2. The zero-order chi connectivity index (χ0) is 23.0. The minimum Gasteiger partial charge on any atom is -0.482 e. The molecule has 1 amide bonds. The first-order valence-corrected chi connectivity index (χ1v) is 11.7. The summed E-state index contributed by atoms with van der Waals surface area (Å²) in [4.78, 5) is 18.3. The molecule has 9 nitrogen and oxygen atoms in total. The van der Waals surface area contributed by atoms with E-state index in [2.05, 4.69) is 14.9 Å². The number of fused-ring (bicyclic) bond motifs is 1. The Morgan fingerprint density at radius 2 is 1.94 bits per heavy atom. The summed E-state index contributed by atoms with van der Waals surface area (Å²) in [6, 6.07) is 8.52. The van der Waals surface area contributed by atoms with Crippen LogP contribution in [0.25, 0.3) is 0 Å². The molecule has 0 bridgehead atoms. The van der Waals surface area contributed by atoms with Gasteiger partial charge in [-0.25, -0.2) is 8.42 Å². The highest BCUT2D eigenvalue weighted by molar-refractivity contribution is 7.92. The molecule has 0 atom stereocenters. The maximum atomic E-state index is 13.2. The maximum Gasteiger partial charge on any atom is 0.265 e. The second-order valence-electron chi connectivity index (χ2n) is 7.66. The topological polar surface area (TPSA) is 115 Å². The van der Waals surface area contributed by atoms with Gasteiger partial charge in [0.05, 0.1) is 22.8 Å². The Hall–Kier alpha value is -3.40. The third-order valence-electron chi connectivity index (χ3n) is 5.45. The van der Waals surface area contributed by atoms with Crippen molar-refractivity contribution in [3.8, 4) is 5.75 Å². The van der Waals surface area contributed by atoms with Gasteiger partial charge in [-0.05, 0) is 49.6 Å². The van der Waals surface area contributed by atoms with E-state index in [9.17, 15) is 13.2 Å². The number of nitrogens with zero attached hydrogens (tertiary/aromatic N) is 3. The third kappa shape index (κ3) is 4.05. The lowest BCUT2D eigenvalue weighted by Gasteiger charge is -2.29. The third-order valence-corrected chi connectivity index (χ3v) is 6.96. The van der Waals surface area contributed by atoms with Crippen molar-refractivity contribution in [2.75, 3.05) is 16.2 Å². The van der Waals surface area contributed by atoms with Gasteiger partial charge in [-0.1, -0.05) is 24.2 Å². The molecule has 0 spiro atoms. The number of hydrogen-bond acceptors (Lipinski definition) is 7. The van der Waals surface area contributed by atoms with Crippen LogP contribution in [0.1, 0.15) is 35.3 Å². The summed E-state index contributed by atoms with van der Waals surface area (Å²) in [5, 5.41) is 3.90. The number of sulfonamides is 1. The Morgan fingerprint density at radius 1 is 1.16 bits per heavy atom. The van der Waals surface area contributed by atoms with Gasteiger partial charge in [0.1, 0.15) is 5.75 Å². The Kier molecular flexibility index (Phi) is 5.64. The monoisotopic (exact) mass is 456 g/mol. The Balaban J connectivity index is 1.68. The van der Waals surface area contributed by atoms with Gasteiger partial charge in [-0.2, -0.15) is 4.98 Å². The highest BCUT2D eigenvalue weighted by atomic mass is 32.2. The Morgan fingerprint density at radius 3 is 2.66 bits per heavy atom. The molecule has 2 aromatic carbocycles. The summed E-state index contributed by atoms with van der Waals surface area (Å²) in [6.07, 6.45) is 0.592. The summed E-state index contributed by atoms with van der Waals surface area (Å²) in [5.74, 6) is 0.879. The number of rotatable bonds is 6. The van der Waals surface area contributed by atoms with Gasteiger partial charge in [0.2, 0.25) is 5.89 Å². The van der Waals surface area contributed by atoms with Crippen LogP contribution in [0.3, 0.4) is 0 Å². The minimum atomic E-state index is -3.88. The molecular formula is C22H24N4O5S. The van der Waals surface area contributed by atoms with E-state index in [-0.39, 0.29) is 24.0 Å². The minimum absolute atomic E-state index is 0.0827. The molecule has 0 saturated carbocycles. The van der Waals surface area contributed by atoms with E-state index in [0.29, 0.717) is 40.8 Å². The van der Waals surface area contributed by atoms with E-state index in [4.69, 9.17) is 9.26 Å². The normalized spacial score (nSPS) is 13.6. The number of carbonyl (C=O) groups excluding carboxylic acids is 1. The first-order valence-electron chi connectivity index (χ1n) is 10.2. The van der Waals surface area contributed by atoms with Crippen molar-refractivity contribution < 1.29 is 22.5 Å². The highest BCUT2D eigenvalue weighted by Gasteiger charge is 2.30. The lowest BCUT2D eigenvalue weighted by molar-refractivity contribution is -0.121. The van der Waals surface area contributed by atoms with E-state index in [1.165, 1.54) is 11.0 Å². The zero-order valence-corrected chi connectivity index (χ0v) is 19.1. The zero-order valence-electron chi connectivity index (χ0n) is 18.3. The quantitative estimate of drug-likeness (QED) is 0.605. The van der Waals surface area contributed by atoms with Gasteiger partial charge in [0, 0.05) is 12.5 Å². The summed E-state index contributed by atoms with van der Waals surface area (Å²) in [5.41, 5.74) is 3.30. The van der Waals surface area contributed by atoms with Gasteiger partial charge >= 0.3 is 0 Å². The molecular weight excluding hydrogens is 432 g/mol. The molecule has 1 aliphatic heterocycles. The van der Waals surface area contributed by atoms with Crippen LogP contribution in [0.4, 0.5) is 11.4 Å². The van der Waals surface area contributed by atoms with Crippen molar-refractivity contribution in [1.29, 1.82) is 0 Å². The summed E-state index contributed by atoms with van der Waals surface area (Å²) < 4.78 is 39.7. The summed E-state index contributed by atoms with van der Waals surface area (Å²) >= 11 is 0. The van der Waals surface area contributed by atoms with Crippen LogP contribution in [0.15, 0.2) is 39.8 Å². The number of hydrogen-bond donors (Lipinski definition) is 1. The highest BCUT2D eigenvalue weighted by Crippen LogP contribution is 2.37. The lowest BCUT2D eigenvalue weighted by Crippen LogP contribution is -2.38. The number of amides is 1. The Bertz CT molecular complexity index is 1300. The molecule has 1 aromatic heterocycles. The van der Waals surface area contributed by atoms with Crippen molar-refractivity contribution in [3.05, 3.63) is 58.7 Å².